The number of hydrogen-bond donors (Lipinski definition) is 2. The van der Waals surface area contributed by atoms with Gasteiger partial charge >= 0.3 is 5.97 Å². The molecule has 26 heavy (non-hydrogen) atoms. The van der Waals surface area contributed by atoms with Crippen molar-refractivity contribution in [3.05, 3.63) is 65.2 Å². The number of amides is 1. The number of rotatable bonds is 9. The molecule has 0 unspecified atom stereocenters. The van der Waals surface area contributed by atoms with Gasteiger partial charge in [-0.3, -0.25) is 9.59 Å². The molecule has 6 heteroatoms. The smallest absolute Gasteiger partial charge is 0.335 e. The van der Waals surface area contributed by atoms with Gasteiger partial charge < -0.3 is 15.2 Å². The first-order valence-corrected chi connectivity index (χ1v) is 8.26. The average Bonchev–Trinajstić information content (AvgIpc) is 2.66. The number of hydrogen-bond acceptors (Lipinski definition) is 4. The lowest BCUT2D eigenvalue weighted by Crippen LogP contribution is -2.22. The number of methoxy groups -OCH3 is 1. The quantitative estimate of drug-likeness (QED) is 0.675. The number of benzene rings is 2. The summed E-state index contributed by atoms with van der Waals surface area (Å²) in [6.45, 7) is 0.325. The molecule has 0 aromatic heterocycles. The van der Waals surface area contributed by atoms with E-state index in [0.29, 0.717) is 30.7 Å². The molecular formula is C20H21NO5. The second-order valence-corrected chi connectivity index (χ2v) is 5.78. The lowest BCUT2D eigenvalue weighted by molar-refractivity contribution is -0.121. The first-order valence-electron chi connectivity index (χ1n) is 8.26. The zero-order valence-corrected chi connectivity index (χ0v) is 14.5. The Bertz CT molecular complexity index is 766. The molecule has 1 amide bonds. The highest BCUT2D eigenvalue weighted by molar-refractivity contribution is 5.96. The third kappa shape index (κ3) is 5.73. The second-order valence-electron chi connectivity index (χ2n) is 5.78. The number of carboxylic acids is 1. The van der Waals surface area contributed by atoms with Crippen LogP contribution in [0.15, 0.2) is 48.5 Å². The first kappa shape index (κ1) is 19.2. The van der Waals surface area contributed by atoms with Crippen LogP contribution in [0.25, 0.3) is 0 Å². The van der Waals surface area contributed by atoms with Crippen molar-refractivity contribution < 1.29 is 24.2 Å². The number of Topliss-reactive ketones (excluding diaryl/α,β-unsaturated/α-hetero) is 1. The lowest BCUT2D eigenvalue weighted by atomic mass is 10.1. The fourth-order valence-corrected chi connectivity index (χ4v) is 2.38. The molecule has 0 radical (unpaired) electrons. The van der Waals surface area contributed by atoms with Crippen molar-refractivity contribution in [2.24, 2.45) is 0 Å². The van der Waals surface area contributed by atoms with E-state index in [-0.39, 0.29) is 23.7 Å². The van der Waals surface area contributed by atoms with Gasteiger partial charge in [-0.2, -0.15) is 0 Å². The maximum absolute atomic E-state index is 12.1. The first-order chi connectivity index (χ1) is 12.5. The Hall–Kier alpha value is -3.15. The van der Waals surface area contributed by atoms with Gasteiger partial charge in [0.05, 0.1) is 12.7 Å². The van der Waals surface area contributed by atoms with Gasteiger partial charge in [0.25, 0.3) is 0 Å². The molecule has 2 aromatic rings. The Kier molecular flexibility index (Phi) is 6.91. The molecule has 2 rings (SSSR count). The van der Waals surface area contributed by atoms with E-state index in [1.807, 2.05) is 0 Å². The lowest BCUT2D eigenvalue weighted by Gasteiger charge is -2.06. The largest absolute Gasteiger partial charge is 0.497 e. The van der Waals surface area contributed by atoms with Gasteiger partial charge in [-0.15, -0.1) is 0 Å². The van der Waals surface area contributed by atoms with E-state index in [9.17, 15) is 14.4 Å². The molecule has 0 fully saturated rings. The Morgan fingerprint density at radius 1 is 0.923 bits per heavy atom. The predicted octanol–water partition coefficient (Wildman–Crippen LogP) is 3.06. The summed E-state index contributed by atoms with van der Waals surface area (Å²) in [4.78, 5) is 34.7. The maximum Gasteiger partial charge on any atom is 0.335 e. The molecule has 0 spiro atoms. The standard InChI is InChI=1S/C20H21NO5/c1-26-17-11-9-15(10-12-17)18(22)3-2-4-19(23)21-13-14-5-7-16(8-6-14)20(24)25/h5-12H,2-4,13H2,1H3,(H,21,23)(H,24,25). The van der Waals surface area contributed by atoms with E-state index in [1.54, 1.807) is 43.5 Å². The summed E-state index contributed by atoms with van der Waals surface area (Å²) in [5.41, 5.74) is 1.62. The highest BCUT2D eigenvalue weighted by atomic mass is 16.5. The van der Waals surface area contributed by atoms with E-state index >= 15 is 0 Å². The van der Waals surface area contributed by atoms with Crippen molar-refractivity contribution in [1.82, 2.24) is 5.32 Å². The summed E-state index contributed by atoms with van der Waals surface area (Å²) in [6.07, 6.45) is 1.02. The van der Waals surface area contributed by atoms with E-state index in [1.165, 1.54) is 12.1 Å². The molecule has 136 valence electrons. The zero-order chi connectivity index (χ0) is 18.9. The van der Waals surface area contributed by atoms with Gasteiger partial charge in [0.2, 0.25) is 5.91 Å². The third-order valence-electron chi connectivity index (χ3n) is 3.91. The van der Waals surface area contributed by atoms with Crippen LogP contribution in [0.5, 0.6) is 5.75 Å². The summed E-state index contributed by atoms with van der Waals surface area (Å²) in [5.74, 6) is -0.445. The molecule has 0 saturated heterocycles. The molecular weight excluding hydrogens is 334 g/mol. The summed E-state index contributed by atoms with van der Waals surface area (Å²) < 4.78 is 5.05. The Labute approximate surface area is 151 Å². The van der Waals surface area contributed by atoms with Crippen LogP contribution in [-0.4, -0.2) is 29.9 Å². The van der Waals surface area contributed by atoms with Crippen molar-refractivity contribution >= 4 is 17.7 Å². The normalized spacial score (nSPS) is 10.2. The van der Waals surface area contributed by atoms with Crippen LogP contribution in [0.3, 0.4) is 0 Å². The number of ketones is 1. The van der Waals surface area contributed by atoms with Crippen LogP contribution in [-0.2, 0) is 11.3 Å². The summed E-state index contributed by atoms with van der Waals surface area (Å²) >= 11 is 0. The molecule has 0 aliphatic heterocycles. The molecule has 2 aromatic carbocycles. The van der Waals surface area contributed by atoms with Crippen LogP contribution in [0.4, 0.5) is 0 Å². The third-order valence-corrected chi connectivity index (χ3v) is 3.91. The van der Waals surface area contributed by atoms with Crippen LogP contribution in [0.2, 0.25) is 0 Å². The van der Waals surface area contributed by atoms with E-state index in [4.69, 9.17) is 9.84 Å². The molecule has 0 bridgehead atoms. The summed E-state index contributed by atoms with van der Waals surface area (Å²) in [5, 5.41) is 11.6. The van der Waals surface area contributed by atoms with Crippen LogP contribution in [0, 0.1) is 0 Å². The topological polar surface area (TPSA) is 92.7 Å². The zero-order valence-electron chi connectivity index (χ0n) is 14.5. The van der Waals surface area contributed by atoms with E-state index in [0.717, 1.165) is 5.56 Å². The fraction of sp³-hybridized carbons (Fsp3) is 0.250. The number of ether oxygens (including phenoxy) is 1. The number of nitrogens with one attached hydrogen (secondary N) is 1. The van der Waals surface area contributed by atoms with Gasteiger partial charge in [-0.25, -0.2) is 4.79 Å². The molecule has 6 nitrogen and oxygen atoms in total. The minimum absolute atomic E-state index is 0.00953. The Balaban J connectivity index is 1.71. The number of carboxylic acid groups (broad SMARTS) is 1. The number of carbonyl (C=O) groups is 3. The minimum atomic E-state index is -0.984. The minimum Gasteiger partial charge on any atom is -0.497 e. The second kappa shape index (κ2) is 9.36. The summed E-state index contributed by atoms with van der Waals surface area (Å²) in [7, 11) is 1.57. The molecule has 0 heterocycles. The maximum atomic E-state index is 12.1. The van der Waals surface area contributed by atoms with Crippen molar-refractivity contribution in [3.63, 3.8) is 0 Å². The average molecular weight is 355 g/mol. The van der Waals surface area contributed by atoms with Gasteiger partial charge in [-0.05, 0) is 48.4 Å². The molecule has 0 aliphatic rings. The highest BCUT2D eigenvalue weighted by Crippen LogP contribution is 2.14. The van der Waals surface area contributed by atoms with Crippen LogP contribution >= 0.6 is 0 Å². The van der Waals surface area contributed by atoms with Gasteiger partial charge in [0.1, 0.15) is 5.75 Å². The molecule has 0 saturated carbocycles. The van der Waals surface area contributed by atoms with Crippen molar-refractivity contribution in [3.8, 4) is 5.75 Å². The van der Waals surface area contributed by atoms with Crippen LogP contribution < -0.4 is 10.1 Å². The Morgan fingerprint density at radius 2 is 1.54 bits per heavy atom. The predicted molar refractivity (Wildman–Crippen MR) is 96.4 cm³/mol. The van der Waals surface area contributed by atoms with Gasteiger partial charge in [-0.1, -0.05) is 12.1 Å². The molecule has 2 N–H and O–H groups in total. The monoisotopic (exact) mass is 355 g/mol. The SMILES string of the molecule is COc1ccc(C(=O)CCCC(=O)NCc2ccc(C(=O)O)cc2)cc1. The fourth-order valence-electron chi connectivity index (χ4n) is 2.38. The van der Waals surface area contributed by atoms with E-state index < -0.39 is 5.97 Å². The molecule has 0 aliphatic carbocycles. The number of carbonyl (C=O) groups excluding carboxylic acids is 2. The van der Waals surface area contributed by atoms with Crippen molar-refractivity contribution in [2.75, 3.05) is 7.11 Å². The Morgan fingerprint density at radius 3 is 2.12 bits per heavy atom. The van der Waals surface area contributed by atoms with Crippen LogP contribution in [0.1, 0.15) is 45.5 Å². The van der Waals surface area contributed by atoms with Crippen molar-refractivity contribution in [2.45, 2.75) is 25.8 Å². The van der Waals surface area contributed by atoms with Gasteiger partial charge in [0.15, 0.2) is 5.78 Å². The van der Waals surface area contributed by atoms with Gasteiger partial charge in [0, 0.05) is 24.9 Å². The van der Waals surface area contributed by atoms with E-state index in [2.05, 4.69) is 5.32 Å². The number of aromatic carboxylic acids is 1. The van der Waals surface area contributed by atoms with Crippen molar-refractivity contribution in [1.29, 1.82) is 0 Å². The highest BCUT2D eigenvalue weighted by Gasteiger charge is 2.08. The molecule has 0 atom stereocenters. The summed E-state index contributed by atoms with van der Waals surface area (Å²) in [6, 6.07) is 13.2.